The third-order valence-electron chi connectivity index (χ3n) is 4.15. The molecular formula is C14H21BN2O4S. The topological polar surface area (TPSA) is 67.9 Å². The molecule has 0 amide bonds. The van der Waals surface area contributed by atoms with Crippen molar-refractivity contribution in [3.05, 3.63) is 35.9 Å². The Kier molecular flexibility index (Phi) is 4.84. The first-order valence-electron chi connectivity index (χ1n) is 7.53. The van der Waals surface area contributed by atoms with Crippen molar-refractivity contribution in [1.29, 1.82) is 0 Å². The molecule has 6 nitrogen and oxygen atoms in total. The van der Waals surface area contributed by atoms with Crippen LogP contribution in [0.2, 0.25) is 0 Å². The van der Waals surface area contributed by atoms with Gasteiger partial charge in [0.2, 0.25) is 10.0 Å². The predicted molar refractivity (Wildman–Crippen MR) is 84.9 cm³/mol. The third kappa shape index (κ3) is 3.52. The van der Waals surface area contributed by atoms with Crippen LogP contribution >= 0.6 is 0 Å². The summed E-state index contributed by atoms with van der Waals surface area (Å²) in [6, 6.07) is 9.71. The molecule has 2 aliphatic rings. The van der Waals surface area contributed by atoms with E-state index in [1.165, 1.54) is 6.26 Å². The van der Waals surface area contributed by atoms with Crippen LogP contribution in [0.25, 0.3) is 0 Å². The normalized spacial score (nSPS) is 27.2. The minimum absolute atomic E-state index is 0.161. The largest absolute Gasteiger partial charge is 0.476 e. The summed E-state index contributed by atoms with van der Waals surface area (Å²) in [6.45, 7) is 2.19. The monoisotopic (exact) mass is 324 g/mol. The van der Waals surface area contributed by atoms with Gasteiger partial charge >= 0.3 is 7.12 Å². The average molecular weight is 324 g/mol. The molecule has 120 valence electrons. The minimum atomic E-state index is -3.28. The highest BCUT2D eigenvalue weighted by molar-refractivity contribution is 7.88. The molecule has 2 heterocycles. The molecule has 3 rings (SSSR count). The van der Waals surface area contributed by atoms with Gasteiger partial charge in [-0.15, -0.1) is 0 Å². The highest BCUT2D eigenvalue weighted by atomic mass is 32.2. The SMILES string of the molecule is CS(=O)(=O)N1CCNC(B2OCCO2)C1Cc1ccccc1. The zero-order chi connectivity index (χ0) is 15.6. The highest BCUT2D eigenvalue weighted by Crippen LogP contribution is 2.22. The van der Waals surface area contributed by atoms with Gasteiger partial charge in [-0.1, -0.05) is 30.3 Å². The van der Waals surface area contributed by atoms with Crippen molar-refractivity contribution in [2.45, 2.75) is 18.4 Å². The molecule has 2 unspecified atom stereocenters. The molecule has 0 radical (unpaired) electrons. The molecule has 2 aliphatic heterocycles. The summed E-state index contributed by atoms with van der Waals surface area (Å²) in [5, 5.41) is 3.38. The molecule has 0 spiro atoms. The van der Waals surface area contributed by atoms with Gasteiger partial charge in [-0.2, -0.15) is 4.31 Å². The van der Waals surface area contributed by atoms with Crippen molar-refractivity contribution < 1.29 is 17.7 Å². The Morgan fingerprint density at radius 3 is 2.59 bits per heavy atom. The van der Waals surface area contributed by atoms with E-state index in [1.807, 2.05) is 30.3 Å². The summed E-state index contributed by atoms with van der Waals surface area (Å²) >= 11 is 0. The maximum atomic E-state index is 12.2. The van der Waals surface area contributed by atoms with Gasteiger partial charge in [0.05, 0.1) is 25.4 Å². The van der Waals surface area contributed by atoms with Crippen molar-refractivity contribution in [1.82, 2.24) is 9.62 Å². The average Bonchev–Trinajstić information content (AvgIpc) is 3.01. The van der Waals surface area contributed by atoms with E-state index < -0.39 is 17.1 Å². The van der Waals surface area contributed by atoms with Crippen molar-refractivity contribution in [3.63, 3.8) is 0 Å². The van der Waals surface area contributed by atoms with E-state index in [0.717, 1.165) is 5.56 Å². The van der Waals surface area contributed by atoms with Crippen LogP contribution in [-0.4, -0.2) is 64.4 Å². The molecule has 2 saturated heterocycles. The summed E-state index contributed by atoms with van der Waals surface area (Å²) in [7, 11) is -3.67. The molecule has 0 aliphatic carbocycles. The molecule has 8 heteroatoms. The Hall–Kier alpha value is -0.925. The van der Waals surface area contributed by atoms with E-state index in [1.54, 1.807) is 4.31 Å². The lowest BCUT2D eigenvalue weighted by molar-refractivity contribution is 0.214. The van der Waals surface area contributed by atoms with Gasteiger partial charge in [-0.25, -0.2) is 8.42 Å². The number of benzene rings is 1. The Bertz CT molecular complexity index is 592. The van der Waals surface area contributed by atoms with Crippen LogP contribution in [0.4, 0.5) is 0 Å². The Morgan fingerprint density at radius 2 is 1.95 bits per heavy atom. The number of sulfonamides is 1. The van der Waals surface area contributed by atoms with E-state index in [2.05, 4.69) is 5.32 Å². The molecule has 0 bridgehead atoms. The van der Waals surface area contributed by atoms with E-state index in [4.69, 9.17) is 9.31 Å². The number of rotatable bonds is 4. The van der Waals surface area contributed by atoms with Gasteiger partial charge in [0.15, 0.2) is 0 Å². The standard InChI is InChI=1S/C14H21BN2O4S/c1-22(18,19)17-8-7-16-14(15-20-9-10-21-15)13(17)11-12-5-3-2-4-6-12/h2-6,13-14,16H,7-11H2,1H3. The number of hydrogen-bond acceptors (Lipinski definition) is 5. The van der Waals surface area contributed by atoms with E-state index in [-0.39, 0.29) is 12.0 Å². The van der Waals surface area contributed by atoms with Crippen molar-refractivity contribution in [3.8, 4) is 0 Å². The Balaban J connectivity index is 1.87. The highest BCUT2D eigenvalue weighted by Gasteiger charge is 2.45. The molecule has 1 N–H and O–H groups in total. The van der Waals surface area contributed by atoms with Gasteiger partial charge in [0.1, 0.15) is 0 Å². The molecule has 2 fully saturated rings. The number of hydrogen-bond donors (Lipinski definition) is 1. The molecule has 1 aromatic rings. The first-order chi connectivity index (χ1) is 10.6. The lowest BCUT2D eigenvalue weighted by Crippen LogP contribution is -2.65. The minimum Gasteiger partial charge on any atom is -0.408 e. The van der Waals surface area contributed by atoms with E-state index >= 15 is 0 Å². The van der Waals surface area contributed by atoms with Crippen LogP contribution in [0.5, 0.6) is 0 Å². The van der Waals surface area contributed by atoms with Gasteiger partial charge in [-0.05, 0) is 12.0 Å². The number of nitrogens with one attached hydrogen (secondary N) is 1. The molecular weight excluding hydrogens is 303 g/mol. The van der Waals surface area contributed by atoms with Crippen molar-refractivity contribution >= 4 is 17.1 Å². The van der Waals surface area contributed by atoms with E-state index in [0.29, 0.717) is 32.7 Å². The summed E-state index contributed by atoms with van der Waals surface area (Å²) in [6.07, 6.45) is 1.90. The summed E-state index contributed by atoms with van der Waals surface area (Å²) in [5.74, 6) is -0.161. The third-order valence-corrected chi connectivity index (χ3v) is 5.46. The zero-order valence-corrected chi connectivity index (χ0v) is 13.5. The molecule has 0 saturated carbocycles. The first-order valence-corrected chi connectivity index (χ1v) is 9.38. The zero-order valence-electron chi connectivity index (χ0n) is 12.6. The van der Waals surface area contributed by atoms with Crippen LogP contribution in [0.15, 0.2) is 30.3 Å². The van der Waals surface area contributed by atoms with Crippen LogP contribution in [0.1, 0.15) is 5.56 Å². The van der Waals surface area contributed by atoms with Crippen LogP contribution in [-0.2, 0) is 25.8 Å². The summed E-state index contributed by atoms with van der Waals surface area (Å²) in [5.41, 5.74) is 1.10. The van der Waals surface area contributed by atoms with Crippen LogP contribution in [0.3, 0.4) is 0 Å². The first kappa shape index (κ1) is 16.0. The molecule has 0 aromatic heterocycles. The number of piperazine rings is 1. The fourth-order valence-corrected chi connectivity index (χ4v) is 4.30. The Labute approximate surface area is 132 Å². The fraction of sp³-hybridized carbons (Fsp3) is 0.571. The summed E-state index contributed by atoms with van der Waals surface area (Å²) in [4.78, 5) is 0. The van der Waals surface area contributed by atoms with Gasteiger partial charge in [0.25, 0.3) is 0 Å². The predicted octanol–water partition coefficient (Wildman–Crippen LogP) is -0.0947. The molecule has 1 aromatic carbocycles. The van der Waals surface area contributed by atoms with Gasteiger partial charge in [-0.3, -0.25) is 0 Å². The fourth-order valence-electron chi connectivity index (χ4n) is 3.18. The molecule has 2 atom stereocenters. The van der Waals surface area contributed by atoms with Crippen LogP contribution < -0.4 is 5.32 Å². The quantitative estimate of drug-likeness (QED) is 0.784. The second-order valence-corrected chi connectivity index (χ2v) is 7.66. The second kappa shape index (κ2) is 6.68. The van der Waals surface area contributed by atoms with Crippen molar-refractivity contribution in [2.24, 2.45) is 0 Å². The maximum Gasteiger partial charge on any atom is 0.476 e. The smallest absolute Gasteiger partial charge is 0.408 e. The van der Waals surface area contributed by atoms with Gasteiger partial charge < -0.3 is 14.6 Å². The lowest BCUT2D eigenvalue weighted by Gasteiger charge is -2.41. The van der Waals surface area contributed by atoms with Crippen LogP contribution in [0, 0.1) is 0 Å². The Morgan fingerprint density at radius 1 is 1.27 bits per heavy atom. The van der Waals surface area contributed by atoms with Crippen molar-refractivity contribution in [2.75, 3.05) is 32.6 Å². The number of nitrogens with zero attached hydrogens (tertiary/aromatic N) is 1. The second-order valence-electron chi connectivity index (χ2n) is 5.72. The van der Waals surface area contributed by atoms with E-state index in [9.17, 15) is 8.42 Å². The molecule has 22 heavy (non-hydrogen) atoms. The summed E-state index contributed by atoms with van der Waals surface area (Å²) < 4.78 is 37.1. The lowest BCUT2D eigenvalue weighted by atomic mass is 9.71. The maximum absolute atomic E-state index is 12.2. The van der Waals surface area contributed by atoms with Gasteiger partial charge in [0, 0.05) is 19.1 Å².